The highest BCUT2D eigenvalue weighted by Gasteiger charge is 2.54. The molecule has 4 nitrogen and oxygen atoms in total. The average molecular weight is 530 g/mol. The predicted molar refractivity (Wildman–Crippen MR) is 162 cm³/mol. The first-order chi connectivity index (χ1) is 19.4. The van der Waals surface area contributed by atoms with E-state index in [9.17, 15) is 9.59 Å². The van der Waals surface area contributed by atoms with Crippen LogP contribution in [0.3, 0.4) is 0 Å². The number of hydrogen-bond acceptors (Lipinski definition) is 2. The molecular formula is C36H37N2O2+. The van der Waals surface area contributed by atoms with Gasteiger partial charge in [-0.05, 0) is 47.2 Å². The van der Waals surface area contributed by atoms with Crippen LogP contribution in [-0.4, -0.2) is 33.0 Å². The van der Waals surface area contributed by atoms with Crippen molar-refractivity contribution in [3.8, 4) is 0 Å². The first-order valence-electron chi connectivity index (χ1n) is 14.9. The zero-order valence-corrected chi connectivity index (χ0v) is 23.7. The molecule has 0 unspecified atom stereocenters. The van der Waals surface area contributed by atoms with Crippen LogP contribution in [0, 0.1) is 5.92 Å². The maximum Gasteiger partial charge on any atom is 0.210 e. The number of aromatic nitrogens is 1. The van der Waals surface area contributed by atoms with Crippen LogP contribution in [-0.2, 0) is 22.1 Å². The normalized spacial score (nSPS) is 20.2. The Balaban J connectivity index is 1.38. The highest BCUT2D eigenvalue weighted by molar-refractivity contribution is 6.44. The van der Waals surface area contributed by atoms with Crippen LogP contribution < -0.4 is 0 Å². The van der Waals surface area contributed by atoms with Crippen molar-refractivity contribution in [1.82, 2.24) is 4.57 Å². The first-order valence-corrected chi connectivity index (χ1v) is 14.9. The molecule has 2 saturated carbocycles. The van der Waals surface area contributed by atoms with Crippen molar-refractivity contribution in [2.75, 3.05) is 6.54 Å². The van der Waals surface area contributed by atoms with Crippen LogP contribution in [0.15, 0.2) is 78.5 Å². The van der Waals surface area contributed by atoms with Crippen molar-refractivity contribution in [3.63, 3.8) is 0 Å². The molecule has 40 heavy (non-hydrogen) atoms. The number of benzene rings is 3. The largest absolute Gasteiger partial charge is 0.350 e. The van der Waals surface area contributed by atoms with E-state index in [1.807, 2.05) is 48.2 Å². The molecule has 2 heterocycles. The summed E-state index contributed by atoms with van der Waals surface area (Å²) >= 11 is 0. The molecule has 1 aliphatic heterocycles. The van der Waals surface area contributed by atoms with Gasteiger partial charge < -0.3 is 4.57 Å². The van der Waals surface area contributed by atoms with Crippen molar-refractivity contribution in [3.05, 3.63) is 89.6 Å². The molecule has 0 bridgehead atoms. The Labute approximate surface area is 236 Å². The lowest BCUT2D eigenvalue weighted by molar-refractivity contribution is -0.439. The lowest BCUT2D eigenvalue weighted by Gasteiger charge is -2.33. The van der Waals surface area contributed by atoms with Crippen molar-refractivity contribution in [2.45, 2.75) is 63.7 Å². The standard InChI is InChI=1S/C36H37N2O2/c1-23(2)17-20-38-30-16-15-24-11-5-6-12-25(24)33(30)36(18-9-4-10-19-36)31(38)21-27-34(39)32(35(27)40)28-22-37(3)29-14-8-7-13-26(28)29/h5-8,11-16,21-23,32H,4,9-10,17-20H2,1-3H3/q+1. The van der Waals surface area contributed by atoms with Crippen molar-refractivity contribution in [2.24, 2.45) is 13.0 Å². The number of rotatable bonds is 5. The van der Waals surface area contributed by atoms with E-state index in [1.54, 1.807) is 0 Å². The van der Waals surface area contributed by atoms with Crippen LogP contribution in [0.5, 0.6) is 0 Å². The van der Waals surface area contributed by atoms with Gasteiger partial charge in [-0.1, -0.05) is 75.6 Å². The van der Waals surface area contributed by atoms with E-state index in [0.29, 0.717) is 11.5 Å². The zero-order chi connectivity index (χ0) is 27.6. The van der Waals surface area contributed by atoms with E-state index in [0.717, 1.165) is 55.1 Å². The Morgan fingerprint density at radius 1 is 0.925 bits per heavy atom. The minimum absolute atomic E-state index is 0.0376. The molecule has 0 atom stereocenters. The number of hydrogen-bond donors (Lipinski definition) is 0. The highest BCUT2D eigenvalue weighted by atomic mass is 16.2. The van der Waals surface area contributed by atoms with Crippen molar-refractivity contribution in [1.29, 1.82) is 0 Å². The van der Waals surface area contributed by atoms with Gasteiger partial charge in [0.25, 0.3) is 0 Å². The molecule has 3 aromatic carbocycles. The highest BCUT2D eigenvalue weighted by Crippen LogP contribution is 2.52. The summed E-state index contributed by atoms with van der Waals surface area (Å²) in [7, 11) is 1.98. The SMILES string of the molecule is CC(C)CC[N+]1=C(C=C2C(=O)C(c3cn(C)c4ccccc34)C2=O)C2(CCCCC2)c2c1ccc1ccccc21. The smallest absolute Gasteiger partial charge is 0.210 e. The van der Waals surface area contributed by atoms with Crippen molar-refractivity contribution >= 4 is 44.6 Å². The molecule has 202 valence electrons. The van der Waals surface area contributed by atoms with Gasteiger partial charge in [0.1, 0.15) is 12.5 Å². The third-order valence-corrected chi connectivity index (χ3v) is 9.67. The van der Waals surface area contributed by atoms with Crippen LogP contribution in [0.4, 0.5) is 5.69 Å². The maximum absolute atomic E-state index is 13.8. The Kier molecular flexibility index (Phi) is 5.92. The summed E-state index contributed by atoms with van der Waals surface area (Å²) in [5.74, 6) is -0.216. The van der Waals surface area contributed by atoms with Gasteiger partial charge >= 0.3 is 0 Å². The van der Waals surface area contributed by atoms with Crippen LogP contribution in [0.25, 0.3) is 21.7 Å². The van der Waals surface area contributed by atoms with Gasteiger partial charge in [-0.2, -0.15) is 4.58 Å². The second-order valence-electron chi connectivity index (χ2n) is 12.5. The number of carbonyl (C=O) groups is 2. The van der Waals surface area contributed by atoms with Gasteiger partial charge in [0, 0.05) is 48.3 Å². The molecule has 1 spiro atoms. The number of carbonyl (C=O) groups excluding carboxylic acids is 2. The minimum atomic E-state index is -0.700. The molecule has 0 N–H and O–H groups in total. The summed E-state index contributed by atoms with van der Waals surface area (Å²) in [6.45, 7) is 5.41. The lowest BCUT2D eigenvalue weighted by atomic mass is 9.64. The van der Waals surface area contributed by atoms with Gasteiger partial charge in [0.15, 0.2) is 17.3 Å². The van der Waals surface area contributed by atoms with E-state index in [2.05, 4.69) is 54.8 Å². The molecule has 7 rings (SSSR count). The van der Waals surface area contributed by atoms with E-state index >= 15 is 0 Å². The fourth-order valence-electron chi connectivity index (χ4n) is 7.65. The number of allylic oxidation sites excluding steroid dienone is 2. The zero-order valence-electron chi connectivity index (χ0n) is 23.7. The summed E-state index contributed by atoms with van der Waals surface area (Å²) < 4.78 is 4.48. The second kappa shape index (κ2) is 9.40. The molecule has 3 aliphatic rings. The summed E-state index contributed by atoms with van der Waals surface area (Å²) in [4.78, 5) is 27.6. The summed E-state index contributed by atoms with van der Waals surface area (Å²) in [6, 6.07) is 21.3. The monoisotopic (exact) mass is 529 g/mol. The molecule has 0 saturated heterocycles. The van der Waals surface area contributed by atoms with Crippen LogP contribution >= 0.6 is 0 Å². The van der Waals surface area contributed by atoms with Gasteiger partial charge in [0.05, 0.1) is 11.0 Å². The summed E-state index contributed by atoms with van der Waals surface area (Å²) in [5.41, 5.74) is 5.94. The molecule has 4 aromatic rings. The summed E-state index contributed by atoms with van der Waals surface area (Å²) in [5, 5.41) is 3.56. The number of ketones is 2. The van der Waals surface area contributed by atoms with E-state index in [1.165, 1.54) is 34.2 Å². The predicted octanol–water partition coefficient (Wildman–Crippen LogP) is 7.54. The second-order valence-corrected chi connectivity index (χ2v) is 12.5. The lowest BCUT2D eigenvalue weighted by Crippen LogP contribution is -2.42. The number of para-hydroxylation sites is 1. The van der Waals surface area contributed by atoms with Gasteiger partial charge in [-0.3, -0.25) is 9.59 Å². The van der Waals surface area contributed by atoms with Crippen LogP contribution in [0.2, 0.25) is 0 Å². The first kappa shape index (κ1) is 25.2. The van der Waals surface area contributed by atoms with Gasteiger partial charge in [-0.25, -0.2) is 0 Å². The number of Topliss-reactive ketones (excluding diaryl/α,β-unsaturated/α-hetero) is 2. The van der Waals surface area contributed by atoms with E-state index in [-0.39, 0.29) is 17.0 Å². The average Bonchev–Trinajstić information content (AvgIpc) is 3.42. The fourth-order valence-corrected chi connectivity index (χ4v) is 7.65. The fraction of sp³-hybridized carbons (Fsp3) is 0.361. The van der Waals surface area contributed by atoms with E-state index < -0.39 is 5.92 Å². The van der Waals surface area contributed by atoms with E-state index in [4.69, 9.17) is 0 Å². The molecule has 1 aromatic heterocycles. The van der Waals surface area contributed by atoms with Crippen molar-refractivity contribution < 1.29 is 14.2 Å². The quantitative estimate of drug-likeness (QED) is 0.116. The number of aryl methyl sites for hydroxylation is 1. The Morgan fingerprint density at radius 2 is 1.62 bits per heavy atom. The number of nitrogens with zero attached hydrogens (tertiary/aromatic N) is 2. The third kappa shape index (κ3) is 3.61. The van der Waals surface area contributed by atoms with Gasteiger partial charge in [0.2, 0.25) is 5.69 Å². The van der Waals surface area contributed by atoms with Crippen LogP contribution in [0.1, 0.15) is 69.4 Å². The number of fused-ring (bicyclic) bond motifs is 5. The Hall–Kier alpha value is -3.79. The molecule has 0 amide bonds. The topological polar surface area (TPSA) is 42.1 Å². The minimum Gasteiger partial charge on any atom is -0.350 e. The summed E-state index contributed by atoms with van der Waals surface area (Å²) in [6.07, 6.45) is 10.7. The maximum atomic E-state index is 13.8. The van der Waals surface area contributed by atoms with Gasteiger partial charge in [-0.15, -0.1) is 0 Å². The molecular weight excluding hydrogens is 492 g/mol. The third-order valence-electron chi connectivity index (χ3n) is 9.67. The molecule has 2 aliphatic carbocycles. The Morgan fingerprint density at radius 3 is 2.38 bits per heavy atom. The molecule has 4 heteroatoms. The molecule has 0 radical (unpaired) electrons. The Bertz CT molecular complexity index is 1740. The molecule has 2 fully saturated rings.